The van der Waals surface area contributed by atoms with Gasteiger partial charge in [-0.2, -0.15) is 0 Å². The van der Waals surface area contributed by atoms with Gasteiger partial charge in [0.2, 0.25) is 5.91 Å². The van der Waals surface area contributed by atoms with Crippen LogP contribution in [0.3, 0.4) is 0 Å². The minimum Gasteiger partial charge on any atom is -0.392 e. The highest BCUT2D eigenvalue weighted by Gasteiger charge is 2.43. The molecule has 0 aromatic rings. The molecular weight excluding hydrogens is 402 g/mol. The lowest BCUT2D eigenvalue weighted by Gasteiger charge is -2.32. The van der Waals surface area contributed by atoms with Gasteiger partial charge in [0.15, 0.2) is 0 Å². The second-order valence-corrected chi connectivity index (χ2v) is 11.1. The highest BCUT2D eigenvalue weighted by Crippen LogP contribution is 2.47. The highest BCUT2D eigenvalue weighted by atomic mass is 16.5. The Balaban J connectivity index is 1.76. The molecule has 0 radical (unpaired) electrons. The van der Waals surface area contributed by atoms with E-state index >= 15 is 0 Å². The van der Waals surface area contributed by atoms with Gasteiger partial charge in [0.1, 0.15) is 0 Å². The lowest BCUT2D eigenvalue weighted by molar-refractivity contribution is -0.135. The summed E-state index contributed by atoms with van der Waals surface area (Å²) < 4.78 is 5.82. The zero-order valence-electron chi connectivity index (χ0n) is 21.2. The molecule has 0 aromatic carbocycles. The van der Waals surface area contributed by atoms with Crippen molar-refractivity contribution in [3.05, 3.63) is 23.8 Å². The molecule has 0 saturated heterocycles. The van der Waals surface area contributed by atoms with Crippen molar-refractivity contribution < 1.29 is 19.7 Å². The predicted octanol–water partition coefficient (Wildman–Crippen LogP) is 4.73. The van der Waals surface area contributed by atoms with Crippen molar-refractivity contribution in [2.75, 3.05) is 20.3 Å². The van der Waals surface area contributed by atoms with Gasteiger partial charge in [-0.05, 0) is 63.4 Å². The number of nitrogens with zero attached hydrogens (tertiary/aromatic N) is 1. The molecule has 5 heteroatoms. The van der Waals surface area contributed by atoms with Crippen molar-refractivity contribution in [3.8, 4) is 0 Å². The van der Waals surface area contributed by atoms with Crippen LogP contribution in [0.2, 0.25) is 0 Å². The lowest BCUT2D eigenvalue weighted by atomic mass is 9.88. The average molecular weight is 450 g/mol. The second kappa shape index (κ2) is 12.3. The quantitative estimate of drug-likeness (QED) is 0.334. The number of allylic oxidation sites excluding steroid dienone is 1. The fourth-order valence-electron chi connectivity index (χ4n) is 5.03. The number of fused-ring (bicyclic) bond motifs is 1. The van der Waals surface area contributed by atoms with E-state index in [2.05, 4.69) is 26.0 Å². The molecule has 2 N–H and O–H groups in total. The Bertz CT molecular complexity index is 651. The molecule has 5 nitrogen and oxygen atoms in total. The van der Waals surface area contributed by atoms with Gasteiger partial charge in [0.05, 0.1) is 31.8 Å². The number of amides is 1. The number of ether oxygens (including phenoxy) is 1. The Morgan fingerprint density at radius 1 is 1.38 bits per heavy atom. The topological polar surface area (TPSA) is 70.0 Å². The minimum absolute atomic E-state index is 0.0939. The molecule has 6 atom stereocenters. The summed E-state index contributed by atoms with van der Waals surface area (Å²) in [5.74, 6) is 1.48. The third-order valence-electron chi connectivity index (χ3n) is 7.33. The smallest absolute Gasteiger partial charge is 0.225 e. The number of hydrogen-bond donors (Lipinski definition) is 2. The molecule has 2 aliphatic carbocycles. The normalized spacial score (nSPS) is 27.4. The van der Waals surface area contributed by atoms with Gasteiger partial charge in [0, 0.05) is 18.5 Å². The Morgan fingerprint density at radius 2 is 2.09 bits per heavy atom. The summed E-state index contributed by atoms with van der Waals surface area (Å²) in [5, 5.41) is 21.0. The van der Waals surface area contributed by atoms with Crippen LogP contribution < -0.4 is 0 Å². The van der Waals surface area contributed by atoms with Crippen molar-refractivity contribution in [2.24, 2.45) is 23.7 Å². The molecule has 0 aliphatic heterocycles. The van der Waals surface area contributed by atoms with Crippen molar-refractivity contribution in [1.29, 1.82) is 0 Å². The first-order chi connectivity index (χ1) is 15.0. The maximum atomic E-state index is 12.2. The molecule has 0 bridgehead atoms. The van der Waals surface area contributed by atoms with Gasteiger partial charge in [-0.3, -0.25) is 4.79 Å². The van der Waals surface area contributed by atoms with Gasteiger partial charge in [0.25, 0.3) is 0 Å². The van der Waals surface area contributed by atoms with Crippen LogP contribution in [0.25, 0.3) is 0 Å². The van der Waals surface area contributed by atoms with Crippen LogP contribution in [0.15, 0.2) is 23.8 Å². The van der Waals surface area contributed by atoms with E-state index in [9.17, 15) is 15.0 Å². The SMILES string of the molecule is CCCC[C@H](C)C[C@H](O)C=C[C@@H]1[C@H]2CC(COCCC(=O)N(C)C(C)(C)C)=C[C@H]2C[C@H]1O. The summed E-state index contributed by atoms with van der Waals surface area (Å²) in [6, 6.07) is 0. The largest absolute Gasteiger partial charge is 0.392 e. The third kappa shape index (κ3) is 8.00. The monoisotopic (exact) mass is 449 g/mol. The maximum Gasteiger partial charge on any atom is 0.225 e. The van der Waals surface area contributed by atoms with Crippen LogP contribution in [0.4, 0.5) is 0 Å². The number of carbonyl (C=O) groups is 1. The number of hydrogen-bond acceptors (Lipinski definition) is 4. The minimum atomic E-state index is -0.436. The summed E-state index contributed by atoms with van der Waals surface area (Å²) in [5.41, 5.74) is 1.10. The zero-order chi connectivity index (χ0) is 23.9. The van der Waals surface area contributed by atoms with E-state index in [0.29, 0.717) is 37.4 Å². The average Bonchev–Trinajstić information content (AvgIpc) is 3.22. The molecule has 184 valence electrons. The Morgan fingerprint density at radius 3 is 2.75 bits per heavy atom. The molecule has 0 heterocycles. The van der Waals surface area contributed by atoms with E-state index in [1.165, 1.54) is 18.4 Å². The van der Waals surface area contributed by atoms with Crippen molar-refractivity contribution >= 4 is 5.91 Å². The van der Waals surface area contributed by atoms with Crippen LogP contribution in [0.5, 0.6) is 0 Å². The molecule has 32 heavy (non-hydrogen) atoms. The fraction of sp³-hybridized carbons (Fsp3) is 0.815. The molecule has 2 rings (SSSR count). The molecule has 2 aliphatic rings. The van der Waals surface area contributed by atoms with E-state index in [1.54, 1.807) is 4.90 Å². The van der Waals surface area contributed by atoms with E-state index in [-0.39, 0.29) is 23.5 Å². The number of rotatable bonds is 12. The summed E-state index contributed by atoms with van der Waals surface area (Å²) in [6.07, 6.45) is 11.9. The molecule has 0 aromatic heterocycles. The van der Waals surface area contributed by atoms with E-state index in [0.717, 1.165) is 25.7 Å². The zero-order valence-corrected chi connectivity index (χ0v) is 21.2. The molecule has 0 unspecified atom stereocenters. The Kier molecular flexibility index (Phi) is 10.4. The van der Waals surface area contributed by atoms with Crippen LogP contribution in [0.1, 0.15) is 79.6 Å². The number of unbranched alkanes of at least 4 members (excludes halogenated alkanes) is 1. The van der Waals surface area contributed by atoms with Gasteiger partial charge < -0.3 is 19.8 Å². The van der Waals surface area contributed by atoms with Crippen LogP contribution in [-0.4, -0.2) is 59.0 Å². The maximum absolute atomic E-state index is 12.2. The fourth-order valence-corrected chi connectivity index (χ4v) is 5.03. The second-order valence-electron chi connectivity index (χ2n) is 11.1. The summed E-state index contributed by atoms with van der Waals surface area (Å²) in [6.45, 7) is 11.5. The van der Waals surface area contributed by atoms with Gasteiger partial charge in [-0.1, -0.05) is 51.3 Å². The number of aliphatic hydroxyl groups is 2. The number of carbonyl (C=O) groups excluding carboxylic acids is 1. The van der Waals surface area contributed by atoms with Crippen molar-refractivity contribution in [1.82, 2.24) is 4.90 Å². The molecule has 0 spiro atoms. The van der Waals surface area contributed by atoms with E-state index in [4.69, 9.17) is 4.74 Å². The van der Waals surface area contributed by atoms with Crippen molar-refractivity contribution in [2.45, 2.75) is 97.3 Å². The van der Waals surface area contributed by atoms with Crippen LogP contribution in [0, 0.1) is 23.7 Å². The molecular formula is C27H47NO4. The summed E-state index contributed by atoms with van der Waals surface area (Å²) in [4.78, 5) is 14.0. The van der Waals surface area contributed by atoms with Gasteiger partial charge in [-0.25, -0.2) is 0 Å². The van der Waals surface area contributed by atoms with Crippen molar-refractivity contribution in [3.63, 3.8) is 0 Å². The summed E-state index contributed by atoms with van der Waals surface area (Å²) in [7, 11) is 1.84. The van der Waals surface area contributed by atoms with Gasteiger partial charge >= 0.3 is 0 Å². The van der Waals surface area contributed by atoms with Crippen LogP contribution in [-0.2, 0) is 9.53 Å². The Labute approximate surface area is 195 Å². The molecule has 1 saturated carbocycles. The third-order valence-corrected chi connectivity index (χ3v) is 7.33. The summed E-state index contributed by atoms with van der Waals surface area (Å²) >= 11 is 0. The molecule has 1 amide bonds. The first-order valence-electron chi connectivity index (χ1n) is 12.6. The first kappa shape index (κ1) is 27.1. The van der Waals surface area contributed by atoms with Gasteiger partial charge in [-0.15, -0.1) is 0 Å². The number of aliphatic hydroxyl groups excluding tert-OH is 2. The van der Waals surface area contributed by atoms with E-state index < -0.39 is 6.10 Å². The van der Waals surface area contributed by atoms with Crippen LogP contribution >= 0.6 is 0 Å². The Hall–Kier alpha value is -1.17. The van der Waals surface area contributed by atoms with E-state index in [1.807, 2.05) is 33.9 Å². The first-order valence-corrected chi connectivity index (χ1v) is 12.6. The standard InChI is InChI=1S/C27H47NO4/c1-7-8-9-19(2)14-22(29)10-11-23-24-16-20(15-21(24)17-25(23)30)18-32-13-12-26(31)28(6)27(3,4)5/h10-11,15,19,21-25,29-30H,7-9,12-14,16-18H2,1-6H3/t19-,21-,22+,23+,24-,25+/m0/s1. The lowest BCUT2D eigenvalue weighted by Crippen LogP contribution is -2.42. The predicted molar refractivity (Wildman–Crippen MR) is 130 cm³/mol. The molecule has 1 fully saturated rings. The highest BCUT2D eigenvalue weighted by molar-refractivity contribution is 5.76.